The number of halogens is 4. The highest BCUT2D eigenvalue weighted by Gasteiger charge is 2.34. The largest absolute Gasteiger partial charge is 0.481 e. The van der Waals surface area contributed by atoms with E-state index in [-0.39, 0.29) is 29.6 Å². The molecule has 1 aromatic rings. The van der Waals surface area contributed by atoms with E-state index in [2.05, 4.69) is 0 Å². The van der Waals surface area contributed by atoms with E-state index in [1.54, 1.807) is 6.08 Å². The fourth-order valence-corrected chi connectivity index (χ4v) is 3.63. The number of carbonyl (C=O) groups excluding carboxylic acids is 1. The topological polar surface area (TPSA) is 54.4 Å². The van der Waals surface area contributed by atoms with Crippen molar-refractivity contribution < 1.29 is 32.3 Å². The van der Waals surface area contributed by atoms with Crippen molar-refractivity contribution in [1.82, 2.24) is 0 Å². The van der Waals surface area contributed by atoms with Gasteiger partial charge in [0.1, 0.15) is 11.6 Å². The van der Waals surface area contributed by atoms with Crippen molar-refractivity contribution in [2.45, 2.75) is 57.5 Å². The van der Waals surface area contributed by atoms with E-state index in [1.165, 1.54) is 12.1 Å². The number of benzene rings is 1. The highest BCUT2D eigenvalue weighted by molar-refractivity contribution is 5.84. The first-order valence-electron chi connectivity index (χ1n) is 9.48. The highest BCUT2D eigenvalue weighted by atomic mass is 19.4. The number of alkyl halides is 3. The second-order valence-electron chi connectivity index (χ2n) is 7.22. The second-order valence-corrected chi connectivity index (χ2v) is 7.22. The Balaban J connectivity index is 1.93. The predicted octanol–water partition coefficient (Wildman–Crippen LogP) is 5.88. The smallest absolute Gasteiger partial charge is 0.419 e. The van der Waals surface area contributed by atoms with Gasteiger partial charge in [-0.1, -0.05) is 37.5 Å². The molecule has 0 aromatic heterocycles. The molecule has 0 amide bonds. The predicted molar refractivity (Wildman–Crippen MR) is 97.0 cm³/mol. The van der Waals surface area contributed by atoms with E-state index in [1.807, 2.05) is 0 Å². The van der Waals surface area contributed by atoms with Crippen molar-refractivity contribution in [3.8, 4) is 0 Å². The van der Waals surface area contributed by atoms with E-state index in [0.29, 0.717) is 25.7 Å². The van der Waals surface area contributed by atoms with E-state index >= 15 is 0 Å². The lowest BCUT2D eigenvalue weighted by molar-refractivity contribution is -0.140. The minimum absolute atomic E-state index is 0.0362. The number of carboxylic acid groups (broad SMARTS) is 1. The number of carboxylic acids is 1. The molecule has 1 aliphatic carbocycles. The maximum Gasteiger partial charge on any atom is 0.419 e. The van der Waals surface area contributed by atoms with Gasteiger partial charge in [0.25, 0.3) is 0 Å². The van der Waals surface area contributed by atoms with Gasteiger partial charge in [-0.25, -0.2) is 4.39 Å². The van der Waals surface area contributed by atoms with Gasteiger partial charge in [-0.3, -0.25) is 9.59 Å². The summed E-state index contributed by atoms with van der Waals surface area (Å²) in [6.45, 7) is 0. The van der Waals surface area contributed by atoms with Crippen LogP contribution in [0, 0.1) is 17.7 Å². The van der Waals surface area contributed by atoms with Crippen molar-refractivity contribution in [2.24, 2.45) is 11.8 Å². The number of rotatable bonds is 9. The van der Waals surface area contributed by atoms with Crippen LogP contribution in [0.2, 0.25) is 0 Å². The summed E-state index contributed by atoms with van der Waals surface area (Å²) >= 11 is 0. The summed E-state index contributed by atoms with van der Waals surface area (Å²) in [5.41, 5.74) is -1.05. The third-order valence-electron chi connectivity index (χ3n) is 5.14. The molecule has 1 aliphatic rings. The first-order valence-corrected chi connectivity index (χ1v) is 9.48. The van der Waals surface area contributed by atoms with Crippen LogP contribution in [0.25, 0.3) is 6.08 Å². The molecular weight excluding hydrogens is 376 g/mol. The number of Topliss-reactive ketones (excluding diaryl/α,β-unsaturated/α-hetero) is 1. The minimum Gasteiger partial charge on any atom is -0.481 e. The Hall–Kier alpha value is -2.18. The molecule has 154 valence electrons. The number of carbonyl (C=O) groups is 2. The first-order chi connectivity index (χ1) is 13.2. The highest BCUT2D eigenvalue weighted by Crippen LogP contribution is 2.35. The monoisotopic (exact) mass is 400 g/mol. The van der Waals surface area contributed by atoms with Crippen LogP contribution in [-0.2, 0) is 15.8 Å². The summed E-state index contributed by atoms with van der Waals surface area (Å²) in [6, 6.07) is 2.87. The number of hydrogen-bond acceptors (Lipinski definition) is 2. The van der Waals surface area contributed by atoms with Gasteiger partial charge in [0.2, 0.25) is 0 Å². The van der Waals surface area contributed by atoms with E-state index in [0.717, 1.165) is 31.4 Å². The Morgan fingerprint density at radius 1 is 1.18 bits per heavy atom. The van der Waals surface area contributed by atoms with Gasteiger partial charge >= 0.3 is 12.1 Å². The lowest BCUT2D eigenvalue weighted by Crippen LogP contribution is -2.13. The van der Waals surface area contributed by atoms with E-state index < -0.39 is 23.5 Å². The zero-order chi connectivity index (χ0) is 20.7. The Kier molecular flexibility index (Phi) is 7.78. The van der Waals surface area contributed by atoms with Crippen molar-refractivity contribution in [3.05, 3.63) is 41.2 Å². The van der Waals surface area contributed by atoms with Crippen LogP contribution >= 0.6 is 0 Å². The average molecular weight is 400 g/mol. The van der Waals surface area contributed by atoms with Crippen molar-refractivity contribution in [1.29, 1.82) is 0 Å². The lowest BCUT2D eigenvalue weighted by atomic mass is 9.89. The zero-order valence-electron chi connectivity index (χ0n) is 15.5. The molecular formula is C21H24F4O3. The SMILES string of the molecule is O=C(O)CCCCCCC1C(=O)CCC1/C=C/c1ccc(F)c(C(F)(F)F)c1. The summed E-state index contributed by atoms with van der Waals surface area (Å²) in [5, 5.41) is 8.61. The molecule has 1 N–H and O–H groups in total. The maximum atomic E-state index is 13.4. The van der Waals surface area contributed by atoms with E-state index in [4.69, 9.17) is 5.11 Å². The van der Waals surface area contributed by atoms with Gasteiger partial charge in [0, 0.05) is 18.8 Å². The summed E-state index contributed by atoms with van der Waals surface area (Å²) in [7, 11) is 0. The summed E-state index contributed by atoms with van der Waals surface area (Å²) in [5.74, 6) is -2.15. The number of allylic oxidation sites excluding steroid dienone is 1. The molecule has 0 spiro atoms. The van der Waals surface area contributed by atoms with Crippen LogP contribution in [0.15, 0.2) is 24.3 Å². The van der Waals surface area contributed by atoms with Crippen LogP contribution in [0.3, 0.4) is 0 Å². The van der Waals surface area contributed by atoms with Crippen LogP contribution in [-0.4, -0.2) is 16.9 Å². The third kappa shape index (κ3) is 6.46. The van der Waals surface area contributed by atoms with Gasteiger partial charge < -0.3 is 5.11 Å². The zero-order valence-corrected chi connectivity index (χ0v) is 15.5. The standard InChI is InChI=1S/C21H24F4O3/c22-18-11-8-14(13-17(18)21(23,24)25)7-9-15-10-12-19(26)16(15)5-3-1-2-4-6-20(27)28/h7-9,11,13,15-16H,1-6,10,12H2,(H,27,28)/b9-7+. The average Bonchev–Trinajstić information content (AvgIpc) is 2.96. The molecule has 0 bridgehead atoms. The molecule has 0 saturated heterocycles. The van der Waals surface area contributed by atoms with Gasteiger partial charge in [0.05, 0.1) is 5.56 Å². The second kappa shape index (κ2) is 9.85. The van der Waals surface area contributed by atoms with Gasteiger partial charge in [0.15, 0.2) is 0 Å². The lowest BCUT2D eigenvalue weighted by Gasteiger charge is -2.15. The Morgan fingerprint density at radius 3 is 2.57 bits per heavy atom. The van der Waals surface area contributed by atoms with Gasteiger partial charge in [-0.15, -0.1) is 0 Å². The molecule has 2 unspecified atom stereocenters. The summed E-state index contributed by atoms with van der Waals surface area (Å²) in [4.78, 5) is 22.6. The van der Waals surface area contributed by atoms with Crippen LogP contribution in [0.1, 0.15) is 62.5 Å². The minimum atomic E-state index is -4.75. The molecule has 0 heterocycles. The third-order valence-corrected chi connectivity index (χ3v) is 5.14. The summed E-state index contributed by atoms with van der Waals surface area (Å²) in [6.07, 6.45) is 3.56. The molecule has 2 atom stereocenters. The number of unbranched alkanes of at least 4 members (excludes halogenated alkanes) is 3. The molecule has 0 radical (unpaired) electrons. The number of ketones is 1. The van der Waals surface area contributed by atoms with Crippen LogP contribution in [0.5, 0.6) is 0 Å². The fourth-order valence-electron chi connectivity index (χ4n) is 3.63. The Labute approximate surface area is 161 Å². The molecule has 2 rings (SSSR count). The molecule has 1 aromatic carbocycles. The van der Waals surface area contributed by atoms with Crippen molar-refractivity contribution in [3.63, 3.8) is 0 Å². The molecule has 7 heteroatoms. The molecule has 0 aliphatic heterocycles. The van der Waals surface area contributed by atoms with Crippen LogP contribution in [0.4, 0.5) is 17.6 Å². The molecule has 1 saturated carbocycles. The molecule has 28 heavy (non-hydrogen) atoms. The normalized spacial score (nSPS) is 20.2. The first kappa shape index (κ1) is 22.1. The number of hydrogen-bond donors (Lipinski definition) is 1. The van der Waals surface area contributed by atoms with Crippen molar-refractivity contribution in [2.75, 3.05) is 0 Å². The Bertz CT molecular complexity index is 725. The quantitative estimate of drug-likeness (QED) is 0.416. The van der Waals surface area contributed by atoms with Crippen LogP contribution < -0.4 is 0 Å². The summed E-state index contributed by atoms with van der Waals surface area (Å²) < 4.78 is 51.8. The Morgan fingerprint density at radius 2 is 1.89 bits per heavy atom. The van der Waals surface area contributed by atoms with Gasteiger partial charge in [-0.2, -0.15) is 13.2 Å². The molecule has 1 fully saturated rings. The van der Waals surface area contributed by atoms with E-state index in [9.17, 15) is 27.2 Å². The van der Waals surface area contributed by atoms with Crippen molar-refractivity contribution >= 4 is 17.8 Å². The maximum absolute atomic E-state index is 13.4. The molecule has 3 nitrogen and oxygen atoms in total. The fraction of sp³-hybridized carbons (Fsp3) is 0.524. The van der Waals surface area contributed by atoms with Gasteiger partial charge in [-0.05, 0) is 42.9 Å². The number of aliphatic carboxylic acids is 1.